The van der Waals surface area contributed by atoms with E-state index in [1.807, 2.05) is 60.7 Å². The minimum absolute atomic E-state index is 0.180. The molecule has 0 atom stereocenters. The monoisotopic (exact) mass is 467 g/mol. The zero-order chi connectivity index (χ0) is 22.9. The number of anilines is 2. The highest BCUT2D eigenvalue weighted by Gasteiger charge is 2.17. The van der Waals surface area contributed by atoms with E-state index in [2.05, 4.69) is 15.2 Å². The van der Waals surface area contributed by atoms with Crippen LogP contribution in [0.5, 0.6) is 0 Å². The molecule has 1 aliphatic heterocycles. The van der Waals surface area contributed by atoms with Crippen LogP contribution in [0.3, 0.4) is 0 Å². The summed E-state index contributed by atoms with van der Waals surface area (Å²) in [6.07, 6.45) is 3.47. The number of carbonyl (C=O) groups is 1. The van der Waals surface area contributed by atoms with E-state index >= 15 is 0 Å². The van der Waals surface area contributed by atoms with Gasteiger partial charge in [0, 0.05) is 42.1 Å². The van der Waals surface area contributed by atoms with Crippen molar-refractivity contribution in [2.24, 2.45) is 0 Å². The molecule has 1 N–H and O–H groups in total. The molecular formula is C26H21N5O2S. The van der Waals surface area contributed by atoms with E-state index < -0.39 is 0 Å². The summed E-state index contributed by atoms with van der Waals surface area (Å²) in [5.41, 5.74) is 4.58. The van der Waals surface area contributed by atoms with Crippen molar-refractivity contribution >= 4 is 49.2 Å². The third kappa shape index (κ3) is 3.98. The van der Waals surface area contributed by atoms with E-state index in [0.717, 1.165) is 63.8 Å². The molecule has 7 nitrogen and oxygen atoms in total. The lowest BCUT2D eigenvalue weighted by Gasteiger charge is -2.25. The summed E-state index contributed by atoms with van der Waals surface area (Å²) in [6.45, 7) is 3.13. The van der Waals surface area contributed by atoms with Crippen molar-refractivity contribution in [1.82, 2.24) is 15.0 Å². The number of aromatic nitrogens is 3. The van der Waals surface area contributed by atoms with E-state index in [4.69, 9.17) is 14.7 Å². The van der Waals surface area contributed by atoms with Crippen LogP contribution in [0.15, 0.2) is 73.1 Å². The van der Waals surface area contributed by atoms with Gasteiger partial charge in [0.2, 0.25) is 0 Å². The van der Waals surface area contributed by atoms with Gasteiger partial charge >= 0.3 is 0 Å². The van der Waals surface area contributed by atoms with Crippen LogP contribution in [-0.4, -0.2) is 47.2 Å². The zero-order valence-corrected chi connectivity index (χ0v) is 19.1. The smallest absolute Gasteiger partial charge is 0.256 e. The minimum atomic E-state index is -0.180. The predicted octanol–water partition coefficient (Wildman–Crippen LogP) is 5.00. The number of nitrogens with zero attached hydrogens (tertiary/aromatic N) is 4. The lowest BCUT2D eigenvalue weighted by Crippen LogP contribution is -2.36. The van der Waals surface area contributed by atoms with Crippen molar-refractivity contribution in [3.8, 4) is 11.3 Å². The van der Waals surface area contributed by atoms with Gasteiger partial charge in [0.15, 0.2) is 5.13 Å². The first kappa shape index (κ1) is 20.7. The van der Waals surface area contributed by atoms with Crippen LogP contribution in [0.4, 0.5) is 10.8 Å². The molecule has 0 aliphatic carbocycles. The highest BCUT2D eigenvalue weighted by Crippen LogP contribution is 2.32. The number of ether oxygens (including phenoxy) is 1. The van der Waals surface area contributed by atoms with Gasteiger partial charge in [-0.05, 0) is 42.5 Å². The predicted molar refractivity (Wildman–Crippen MR) is 136 cm³/mol. The molecule has 5 aromatic rings. The van der Waals surface area contributed by atoms with Crippen molar-refractivity contribution in [2.45, 2.75) is 0 Å². The fraction of sp³-hybridized carbons (Fsp3) is 0.154. The van der Waals surface area contributed by atoms with Gasteiger partial charge in [-0.1, -0.05) is 29.5 Å². The normalized spacial score (nSPS) is 13.9. The lowest BCUT2D eigenvalue weighted by molar-refractivity contribution is 0.102. The fourth-order valence-corrected chi connectivity index (χ4v) is 5.16. The molecular weight excluding hydrogens is 446 g/mol. The number of rotatable bonds is 4. The van der Waals surface area contributed by atoms with Gasteiger partial charge in [-0.3, -0.25) is 9.78 Å². The average molecular weight is 468 g/mol. The quantitative estimate of drug-likeness (QED) is 0.401. The maximum absolute atomic E-state index is 13.4. The molecule has 1 aliphatic rings. The first-order chi connectivity index (χ1) is 16.7. The number of para-hydroxylation sites is 1. The summed E-state index contributed by atoms with van der Waals surface area (Å²) in [5, 5.41) is 4.87. The van der Waals surface area contributed by atoms with Crippen molar-refractivity contribution in [3.63, 3.8) is 0 Å². The second-order valence-corrected chi connectivity index (χ2v) is 9.06. The Bertz CT molecular complexity index is 1500. The maximum atomic E-state index is 13.4. The maximum Gasteiger partial charge on any atom is 0.256 e. The molecule has 8 heteroatoms. The van der Waals surface area contributed by atoms with Crippen LogP contribution >= 0.6 is 11.3 Å². The molecule has 0 radical (unpaired) electrons. The topological polar surface area (TPSA) is 80.2 Å². The molecule has 1 amide bonds. The van der Waals surface area contributed by atoms with Crippen LogP contribution in [0.2, 0.25) is 0 Å². The first-order valence-corrected chi connectivity index (χ1v) is 11.9. The van der Waals surface area contributed by atoms with E-state index in [-0.39, 0.29) is 5.91 Å². The summed E-state index contributed by atoms with van der Waals surface area (Å²) in [7, 11) is 0. The summed E-state index contributed by atoms with van der Waals surface area (Å²) < 4.78 is 6.48. The number of morpholine rings is 1. The van der Waals surface area contributed by atoms with Crippen molar-refractivity contribution in [3.05, 3.63) is 78.6 Å². The van der Waals surface area contributed by atoms with Crippen molar-refractivity contribution in [2.75, 3.05) is 36.5 Å². The standard InChI is InChI=1S/C26H21N5O2S/c32-25(20-15-23(17-4-3-9-27-16-17)29-21-6-2-1-5-19(20)21)28-18-7-8-22-24(14-18)34-26(30-22)31-10-12-33-13-11-31/h1-9,14-16H,10-13H2,(H,28,32). The Morgan fingerprint density at radius 2 is 1.85 bits per heavy atom. The second kappa shape index (κ2) is 8.81. The van der Waals surface area contributed by atoms with E-state index in [0.29, 0.717) is 11.3 Å². The number of carbonyl (C=O) groups excluding carboxylic acids is 1. The summed E-state index contributed by atoms with van der Waals surface area (Å²) in [6, 6.07) is 19.2. The molecule has 2 aromatic carbocycles. The van der Waals surface area contributed by atoms with Crippen LogP contribution in [-0.2, 0) is 4.74 Å². The number of benzene rings is 2. The molecule has 0 bridgehead atoms. The Morgan fingerprint density at radius 1 is 0.971 bits per heavy atom. The van der Waals surface area contributed by atoms with Crippen LogP contribution in [0.1, 0.15) is 10.4 Å². The van der Waals surface area contributed by atoms with E-state index in [1.54, 1.807) is 23.7 Å². The van der Waals surface area contributed by atoms with Gasteiger partial charge in [-0.15, -0.1) is 0 Å². The van der Waals surface area contributed by atoms with Gasteiger partial charge < -0.3 is 15.0 Å². The van der Waals surface area contributed by atoms with E-state index in [9.17, 15) is 4.79 Å². The molecule has 4 heterocycles. The highest BCUT2D eigenvalue weighted by atomic mass is 32.1. The Labute approximate surface area is 200 Å². The summed E-state index contributed by atoms with van der Waals surface area (Å²) >= 11 is 1.63. The lowest BCUT2D eigenvalue weighted by atomic mass is 10.0. The van der Waals surface area contributed by atoms with Crippen molar-refractivity contribution in [1.29, 1.82) is 0 Å². The summed E-state index contributed by atoms with van der Waals surface area (Å²) in [5.74, 6) is -0.180. The number of pyridine rings is 2. The Hall–Kier alpha value is -3.88. The SMILES string of the molecule is O=C(Nc1ccc2nc(N3CCOCC3)sc2c1)c1cc(-c2cccnc2)nc2ccccc12. The van der Waals surface area contributed by atoms with Crippen LogP contribution < -0.4 is 10.2 Å². The third-order valence-corrected chi connectivity index (χ3v) is 6.91. The van der Waals surface area contributed by atoms with E-state index in [1.165, 1.54) is 0 Å². The molecule has 0 saturated carbocycles. The van der Waals surface area contributed by atoms with Gasteiger partial charge in [0.1, 0.15) is 0 Å². The molecule has 3 aromatic heterocycles. The molecule has 1 fully saturated rings. The molecule has 6 rings (SSSR count). The molecule has 0 spiro atoms. The van der Waals surface area contributed by atoms with Gasteiger partial charge in [0.25, 0.3) is 5.91 Å². The summed E-state index contributed by atoms with van der Waals surface area (Å²) in [4.78, 5) is 29.4. The number of amides is 1. The van der Waals surface area contributed by atoms with Gasteiger partial charge in [-0.2, -0.15) is 0 Å². The van der Waals surface area contributed by atoms with Gasteiger partial charge in [0.05, 0.1) is 40.2 Å². The van der Waals surface area contributed by atoms with Crippen LogP contribution in [0, 0.1) is 0 Å². The average Bonchev–Trinajstić information content (AvgIpc) is 3.32. The highest BCUT2D eigenvalue weighted by molar-refractivity contribution is 7.22. The number of thiazole rings is 1. The van der Waals surface area contributed by atoms with Crippen LogP contribution in [0.25, 0.3) is 32.4 Å². The largest absolute Gasteiger partial charge is 0.378 e. The molecule has 34 heavy (non-hydrogen) atoms. The van der Waals surface area contributed by atoms with Crippen molar-refractivity contribution < 1.29 is 9.53 Å². The molecule has 1 saturated heterocycles. The number of hydrogen-bond acceptors (Lipinski definition) is 7. The second-order valence-electron chi connectivity index (χ2n) is 8.05. The zero-order valence-electron chi connectivity index (χ0n) is 18.3. The Morgan fingerprint density at radius 3 is 2.71 bits per heavy atom. The fourth-order valence-electron chi connectivity index (χ4n) is 4.10. The molecule has 168 valence electrons. The molecule has 0 unspecified atom stereocenters. The van der Waals surface area contributed by atoms with Gasteiger partial charge in [-0.25, -0.2) is 9.97 Å². The number of nitrogens with one attached hydrogen (secondary N) is 1. The minimum Gasteiger partial charge on any atom is -0.378 e. The Balaban J connectivity index is 1.33. The third-order valence-electron chi connectivity index (χ3n) is 5.83. The number of fused-ring (bicyclic) bond motifs is 2. The number of hydrogen-bond donors (Lipinski definition) is 1. The first-order valence-electron chi connectivity index (χ1n) is 11.1. The Kier molecular flexibility index (Phi) is 5.37.